The molecule has 0 bridgehead atoms. The summed E-state index contributed by atoms with van der Waals surface area (Å²) in [6.07, 6.45) is 3.67. The van der Waals surface area contributed by atoms with Gasteiger partial charge in [0, 0.05) is 13.2 Å². The minimum atomic E-state index is 0.231. The molecule has 0 aliphatic rings. The zero-order valence-electron chi connectivity index (χ0n) is 14.0. The van der Waals surface area contributed by atoms with Crippen molar-refractivity contribution in [3.05, 3.63) is 35.4 Å². The molecule has 0 aliphatic heterocycles. The predicted molar refractivity (Wildman–Crippen MR) is 87.4 cm³/mol. The standard InChI is InChI=1S/C18H31NO/c1-14(20-6)7-12-17(19-5)13-15-8-10-16(11-9-15)18(2,3)4/h8-11,14,17,19H,7,12-13H2,1-6H3. The maximum Gasteiger partial charge on any atom is 0.0543 e. The monoisotopic (exact) mass is 277 g/mol. The van der Waals surface area contributed by atoms with E-state index in [1.165, 1.54) is 11.1 Å². The normalized spacial score (nSPS) is 15.1. The van der Waals surface area contributed by atoms with Crippen LogP contribution in [0, 0.1) is 0 Å². The third-order valence-corrected chi connectivity index (χ3v) is 4.03. The van der Waals surface area contributed by atoms with E-state index < -0.39 is 0 Å². The van der Waals surface area contributed by atoms with Crippen molar-refractivity contribution in [2.24, 2.45) is 0 Å². The molecule has 2 unspecified atom stereocenters. The van der Waals surface area contributed by atoms with E-state index in [1.54, 1.807) is 7.11 Å². The molecule has 114 valence electrons. The molecule has 2 heteroatoms. The van der Waals surface area contributed by atoms with Gasteiger partial charge in [-0.3, -0.25) is 0 Å². The number of hydrogen-bond donors (Lipinski definition) is 1. The van der Waals surface area contributed by atoms with Crippen molar-refractivity contribution >= 4 is 0 Å². The van der Waals surface area contributed by atoms with Gasteiger partial charge in [0.25, 0.3) is 0 Å². The van der Waals surface area contributed by atoms with E-state index in [9.17, 15) is 0 Å². The molecule has 1 aromatic carbocycles. The van der Waals surface area contributed by atoms with Crippen LogP contribution in [-0.4, -0.2) is 26.3 Å². The molecule has 1 aromatic rings. The van der Waals surface area contributed by atoms with Crippen molar-refractivity contribution in [3.8, 4) is 0 Å². The zero-order valence-corrected chi connectivity index (χ0v) is 14.0. The largest absolute Gasteiger partial charge is 0.382 e. The van der Waals surface area contributed by atoms with E-state index in [0.29, 0.717) is 12.1 Å². The lowest BCUT2D eigenvalue weighted by molar-refractivity contribution is 0.106. The number of likely N-dealkylation sites (N-methyl/N-ethyl adjacent to an activating group) is 1. The van der Waals surface area contributed by atoms with E-state index in [0.717, 1.165) is 19.3 Å². The van der Waals surface area contributed by atoms with Crippen LogP contribution < -0.4 is 5.32 Å². The van der Waals surface area contributed by atoms with E-state index in [2.05, 4.69) is 57.3 Å². The molecule has 1 N–H and O–H groups in total. The summed E-state index contributed by atoms with van der Waals surface area (Å²) in [5, 5.41) is 3.42. The van der Waals surface area contributed by atoms with Crippen LogP contribution in [0.4, 0.5) is 0 Å². The highest BCUT2D eigenvalue weighted by Crippen LogP contribution is 2.22. The summed E-state index contributed by atoms with van der Waals surface area (Å²) in [4.78, 5) is 0. The molecule has 0 fully saturated rings. The lowest BCUT2D eigenvalue weighted by atomic mass is 9.86. The van der Waals surface area contributed by atoms with Gasteiger partial charge < -0.3 is 10.1 Å². The molecular formula is C18H31NO. The van der Waals surface area contributed by atoms with Crippen LogP contribution in [0.1, 0.15) is 51.7 Å². The number of methoxy groups -OCH3 is 1. The Balaban J connectivity index is 2.57. The van der Waals surface area contributed by atoms with Crippen molar-refractivity contribution in [1.82, 2.24) is 5.32 Å². The fraction of sp³-hybridized carbons (Fsp3) is 0.667. The molecule has 0 spiro atoms. The van der Waals surface area contributed by atoms with Gasteiger partial charge in [0.05, 0.1) is 6.10 Å². The Morgan fingerprint density at radius 3 is 2.15 bits per heavy atom. The smallest absolute Gasteiger partial charge is 0.0543 e. The molecule has 2 atom stereocenters. The fourth-order valence-electron chi connectivity index (χ4n) is 2.33. The first-order valence-corrected chi connectivity index (χ1v) is 7.66. The number of hydrogen-bond acceptors (Lipinski definition) is 2. The highest BCUT2D eigenvalue weighted by Gasteiger charge is 2.14. The summed E-state index contributed by atoms with van der Waals surface area (Å²) in [6.45, 7) is 8.89. The third-order valence-electron chi connectivity index (χ3n) is 4.03. The summed E-state index contributed by atoms with van der Waals surface area (Å²) in [5.74, 6) is 0. The van der Waals surface area contributed by atoms with Gasteiger partial charge in [0.2, 0.25) is 0 Å². The summed E-state index contributed by atoms with van der Waals surface area (Å²) >= 11 is 0. The molecule has 0 amide bonds. The third kappa shape index (κ3) is 5.64. The van der Waals surface area contributed by atoms with Crippen LogP contribution in [0.3, 0.4) is 0 Å². The van der Waals surface area contributed by atoms with Gasteiger partial charge in [-0.05, 0) is 49.8 Å². The van der Waals surface area contributed by atoms with E-state index in [4.69, 9.17) is 4.74 Å². The van der Waals surface area contributed by atoms with Crippen LogP contribution in [0.15, 0.2) is 24.3 Å². The molecular weight excluding hydrogens is 246 g/mol. The second-order valence-corrected chi connectivity index (χ2v) is 6.76. The van der Waals surface area contributed by atoms with Crippen LogP contribution in [0.2, 0.25) is 0 Å². The van der Waals surface area contributed by atoms with Gasteiger partial charge in [-0.2, -0.15) is 0 Å². The maximum atomic E-state index is 5.32. The first kappa shape index (κ1) is 17.2. The van der Waals surface area contributed by atoms with Crippen molar-refractivity contribution < 1.29 is 4.74 Å². The van der Waals surface area contributed by atoms with Crippen LogP contribution in [0.25, 0.3) is 0 Å². The minimum absolute atomic E-state index is 0.231. The minimum Gasteiger partial charge on any atom is -0.382 e. The maximum absolute atomic E-state index is 5.32. The van der Waals surface area contributed by atoms with Crippen molar-refractivity contribution in [2.75, 3.05) is 14.2 Å². The number of nitrogens with one attached hydrogen (secondary N) is 1. The Labute approximate surface area is 124 Å². The Hall–Kier alpha value is -0.860. The first-order chi connectivity index (χ1) is 9.36. The van der Waals surface area contributed by atoms with E-state index in [1.807, 2.05) is 7.05 Å². The van der Waals surface area contributed by atoms with Crippen molar-refractivity contribution in [1.29, 1.82) is 0 Å². The molecule has 0 saturated heterocycles. The molecule has 1 rings (SSSR count). The molecule has 0 saturated carbocycles. The molecule has 0 aliphatic carbocycles. The summed E-state index contributed by atoms with van der Waals surface area (Å²) < 4.78 is 5.32. The summed E-state index contributed by atoms with van der Waals surface area (Å²) in [6, 6.07) is 9.59. The SMILES string of the molecule is CNC(CCC(C)OC)Cc1ccc(C(C)(C)C)cc1. The van der Waals surface area contributed by atoms with E-state index >= 15 is 0 Å². The Morgan fingerprint density at radius 1 is 1.10 bits per heavy atom. The Kier molecular flexibility index (Phi) is 6.70. The molecule has 2 nitrogen and oxygen atoms in total. The zero-order chi connectivity index (χ0) is 15.2. The topological polar surface area (TPSA) is 21.3 Å². The second-order valence-electron chi connectivity index (χ2n) is 6.76. The lowest BCUT2D eigenvalue weighted by Crippen LogP contribution is -2.28. The van der Waals surface area contributed by atoms with Gasteiger partial charge in [0.15, 0.2) is 0 Å². The van der Waals surface area contributed by atoms with Crippen LogP contribution in [-0.2, 0) is 16.6 Å². The Bertz CT molecular complexity index is 377. The van der Waals surface area contributed by atoms with Gasteiger partial charge >= 0.3 is 0 Å². The molecule has 20 heavy (non-hydrogen) atoms. The average molecular weight is 277 g/mol. The second kappa shape index (κ2) is 7.80. The van der Waals surface area contributed by atoms with Crippen molar-refractivity contribution in [3.63, 3.8) is 0 Å². The van der Waals surface area contributed by atoms with Crippen molar-refractivity contribution in [2.45, 2.75) is 64.5 Å². The summed E-state index contributed by atoms with van der Waals surface area (Å²) in [5.41, 5.74) is 3.03. The number of ether oxygens (including phenoxy) is 1. The van der Waals surface area contributed by atoms with Gasteiger partial charge in [-0.15, -0.1) is 0 Å². The Morgan fingerprint density at radius 2 is 1.70 bits per heavy atom. The highest BCUT2D eigenvalue weighted by molar-refractivity contribution is 5.28. The van der Waals surface area contributed by atoms with Crippen LogP contribution in [0.5, 0.6) is 0 Å². The summed E-state index contributed by atoms with van der Waals surface area (Å²) in [7, 11) is 3.83. The van der Waals surface area contributed by atoms with Gasteiger partial charge in [-0.25, -0.2) is 0 Å². The van der Waals surface area contributed by atoms with Gasteiger partial charge in [0.1, 0.15) is 0 Å². The van der Waals surface area contributed by atoms with Crippen LogP contribution >= 0.6 is 0 Å². The predicted octanol–water partition coefficient (Wildman–Crippen LogP) is 3.93. The molecule has 0 radical (unpaired) electrons. The van der Waals surface area contributed by atoms with E-state index in [-0.39, 0.29) is 5.41 Å². The quantitative estimate of drug-likeness (QED) is 0.815. The lowest BCUT2D eigenvalue weighted by Gasteiger charge is -2.21. The molecule has 0 heterocycles. The number of benzene rings is 1. The number of rotatable bonds is 7. The first-order valence-electron chi connectivity index (χ1n) is 7.66. The fourth-order valence-corrected chi connectivity index (χ4v) is 2.33. The highest BCUT2D eigenvalue weighted by atomic mass is 16.5. The van der Waals surface area contributed by atoms with Gasteiger partial charge in [-0.1, -0.05) is 45.0 Å². The molecule has 0 aromatic heterocycles. The average Bonchev–Trinajstić information content (AvgIpc) is 2.42.